The number of likely N-dealkylation sites (tertiary alicyclic amines) is 1. The van der Waals surface area contributed by atoms with Gasteiger partial charge in [0.1, 0.15) is 12.2 Å². The number of carbonyl (C=O) groups excluding carboxylic acids is 2. The highest BCUT2D eigenvalue weighted by atomic mass is 16.6. The number of carbonyl (C=O) groups is 3. The molecule has 1 aromatic heterocycles. The highest BCUT2D eigenvalue weighted by Crippen LogP contribution is 2.39. The summed E-state index contributed by atoms with van der Waals surface area (Å²) < 4.78 is 11.4. The first-order chi connectivity index (χ1) is 21.5. The number of carboxylic acid groups (broad SMARTS) is 1. The third kappa shape index (κ3) is 8.21. The summed E-state index contributed by atoms with van der Waals surface area (Å²) in [4.78, 5) is 46.8. The zero-order valence-electron chi connectivity index (χ0n) is 26.6. The molecule has 9 nitrogen and oxygen atoms in total. The van der Waals surface area contributed by atoms with Crippen molar-refractivity contribution in [1.82, 2.24) is 14.8 Å². The fourth-order valence-electron chi connectivity index (χ4n) is 5.95. The van der Waals surface area contributed by atoms with E-state index in [-0.39, 0.29) is 37.4 Å². The van der Waals surface area contributed by atoms with Crippen molar-refractivity contribution >= 4 is 18.0 Å². The lowest BCUT2D eigenvalue weighted by atomic mass is 9.79. The van der Waals surface area contributed by atoms with E-state index in [1.165, 1.54) is 0 Å². The van der Waals surface area contributed by atoms with Gasteiger partial charge < -0.3 is 24.4 Å². The van der Waals surface area contributed by atoms with Gasteiger partial charge in [0.25, 0.3) is 0 Å². The van der Waals surface area contributed by atoms with E-state index in [2.05, 4.69) is 35.3 Å². The number of aliphatic carboxylic acids is 1. The Morgan fingerprint density at radius 2 is 1.73 bits per heavy atom. The van der Waals surface area contributed by atoms with Crippen molar-refractivity contribution < 1.29 is 29.0 Å². The van der Waals surface area contributed by atoms with Crippen LogP contribution in [0.15, 0.2) is 66.9 Å². The summed E-state index contributed by atoms with van der Waals surface area (Å²) in [5.74, 6) is -1.07. The molecule has 2 fully saturated rings. The fourth-order valence-corrected chi connectivity index (χ4v) is 5.95. The van der Waals surface area contributed by atoms with Gasteiger partial charge in [-0.3, -0.25) is 9.59 Å². The van der Waals surface area contributed by atoms with Gasteiger partial charge in [-0.25, -0.2) is 9.78 Å². The second-order valence-electron chi connectivity index (χ2n) is 13.0. The van der Waals surface area contributed by atoms with E-state index in [0.29, 0.717) is 25.4 Å². The normalized spacial score (nSPS) is 18.3. The molecule has 2 aromatic carbocycles. The number of ether oxygens (including phenoxy) is 2. The summed E-state index contributed by atoms with van der Waals surface area (Å²) in [5.41, 5.74) is 4.34. The number of piperidine rings is 1. The smallest absolute Gasteiger partial charge is 0.410 e. The molecule has 2 heterocycles. The summed E-state index contributed by atoms with van der Waals surface area (Å²) in [5, 5.41) is 9.00. The Balaban J connectivity index is 1.44. The molecule has 1 aliphatic carbocycles. The molecule has 1 saturated heterocycles. The molecule has 2 amide bonds. The number of amides is 2. The van der Waals surface area contributed by atoms with Gasteiger partial charge in [0.15, 0.2) is 0 Å². The van der Waals surface area contributed by atoms with Gasteiger partial charge in [0.2, 0.25) is 11.8 Å². The molecular formula is C36H43N3O6. The molecular weight excluding hydrogens is 570 g/mol. The van der Waals surface area contributed by atoms with Crippen LogP contribution >= 0.6 is 0 Å². The molecule has 5 rings (SSSR count). The van der Waals surface area contributed by atoms with Gasteiger partial charge in [0, 0.05) is 37.4 Å². The summed E-state index contributed by atoms with van der Waals surface area (Å²) in [6.45, 7) is 8.61. The van der Waals surface area contributed by atoms with Crippen LogP contribution in [0, 0.1) is 12.8 Å². The molecule has 1 saturated carbocycles. The van der Waals surface area contributed by atoms with Crippen molar-refractivity contribution in [2.45, 2.75) is 77.5 Å². The van der Waals surface area contributed by atoms with E-state index in [0.717, 1.165) is 40.7 Å². The Bertz CT molecular complexity index is 1510. The summed E-state index contributed by atoms with van der Waals surface area (Å²) in [6.07, 6.45) is 3.60. The van der Waals surface area contributed by atoms with Crippen molar-refractivity contribution in [3.8, 4) is 17.0 Å². The first-order valence-corrected chi connectivity index (χ1v) is 15.7. The van der Waals surface area contributed by atoms with E-state index in [4.69, 9.17) is 14.6 Å². The minimum absolute atomic E-state index is 0.0181. The van der Waals surface area contributed by atoms with E-state index >= 15 is 0 Å². The Morgan fingerprint density at radius 1 is 1.00 bits per heavy atom. The number of rotatable bonds is 10. The monoisotopic (exact) mass is 613 g/mol. The van der Waals surface area contributed by atoms with Crippen LogP contribution in [-0.4, -0.2) is 69.2 Å². The van der Waals surface area contributed by atoms with Gasteiger partial charge in [-0.05, 0) is 81.2 Å². The molecule has 1 aliphatic heterocycles. The second kappa shape index (κ2) is 13.7. The molecule has 0 unspecified atom stereocenters. The molecule has 238 valence electrons. The molecule has 1 N–H and O–H groups in total. The summed E-state index contributed by atoms with van der Waals surface area (Å²) in [7, 11) is 0. The zero-order valence-corrected chi connectivity index (χ0v) is 26.6. The third-order valence-electron chi connectivity index (χ3n) is 8.44. The van der Waals surface area contributed by atoms with Crippen molar-refractivity contribution in [1.29, 1.82) is 0 Å². The van der Waals surface area contributed by atoms with E-state index in [1.807, 2.05) is 62.9 Å². The van der Waals surface area contributed by atoms with Crippen LogP contribution < -0.4 is 4.74 Å². The summed E-state index contributed by atoms with van der Waals surface area (Å²) in [6, 6.07) is 20.6. The topological polar surface area (TPSA) is 109 Å². The maximum absolute atomic E-state index is 14.7. The number of pyridine rings is 1. The average Bonchev–Trinajstić information content (AvgIpc) is 3.86. The Hall–Kier alpha value is -4.40. The van der Waals surface area contributed by atoms with E-state index < -0.39 is 23.6 Å². The van der Waals surface area contributed by atoms with Crippen molar-refractivity contribution in [2.75, 3.05) is 19.7 Å². The van der Waals surface area contributed by atoms with Crippen LogP contribution in [0.3, 0.4) is 0 Å². The number of carboxylic acids is 1. The predicted molar refractivity (Wildman–Crippen MR) is 171 cm³/mol. The standard InChI is InChI=1S/C36H43N3O6/c1-24-28(15-18-37-33(24)44-20-17-32(40)41)22-39(29-13-14-29)34(42)31-23-38(35(43)45-36(2,3)4)19-16-30(31)27-12-8-11-26(21-27)25-9-6-5-7-10-25/h5-12,15,18,21,29-31H,13-14,16-17,19-20,22-23H2,1-4H3,(H,40,41)/t30-,31+/m1/s1. The zero-order chi connectivity index (χ0) is 32.1. The third-order valence-corrected chi connectivity index (χ3v) is 8.44. The lowest BCUT2D eigenvalue weighted by Gasteiger charge is -2.40. The first kappa shape index (κ1) is 32.0. The molecule has 45 heavy (non-hydrogen) atoms. The molecule has 0 bridgehead atoms. The van der Waals surface area contributed by atoms with Gasteiger partial charge in [-0.15, -0.1) is 0 Å². The summed E-state index contributed by atoms with van der Waals surface area (Å²) >= 11 is 0. The van der Waals surface area contributed by atoms with Gasteiger partial charge in [-0.2, -0.15) is 0 Å². The minimum Gasteiger partial charge on any atom is -0.481 e. The molecule has 2 atom stereocenters. The van der Waals surface area contributed by atoms with Gasteiger partial charge >= 0.3 is 12.1 Å². The van der Waals surface area contributed by atoms with Gasteiger partial charge in [0.05, 0.1) is 12.3 Å². The first-order valence-electron chi connectivity index (χ1n) is 15.7. The number of nitrogens with zero attached hydrogens (tertiary/aromatic N) is 3. The Labute approximate surface area is 265 Å². The molecule has 0 radical (unpaired) electrons. The highest BCUT2D eigenvalue weighted by Gasteiger charge is 2.43. The van der Waals surface area contributed by atoms with E-state index in [9.17, 15) is 14.4 Å². The quantitative estimate of drug-likeness (QED) is 0.280. The van der Waals surface area contributed by atoms with Crippen LogP contribution in [0.4, 0.5) is 4.79 Å². The number of benzene rings is 2. The molecule has 2 aliphatic rings. The molecule has 0 spiro atoms. The van der Waals surface area contributed by atoms with Crippen LogP contribution in [0.2, 0.25) is 0 Å². The Morgan fingerprint density at radius 3 is 2.42 bits per heavy atom. The fraction of sp³-hybridized carbons (Fsp3) is 0.444. The number of aromatic nitrogens is 1. The molecule has 9 heteroatoms. The average molecular weight is 614 g/mol. The van der Waals surface area contributed by atoms with Gasteiger partial charge in [-0.1, -0.05) is 54.6 Å². The second-order valence-corrected chi connectivity index (χ2v) is 13.0. The maximum atomic E-state index is 14.7. The van der Waals surface area contributed by atoms with Crippen molar-refractivity contribution in [3.05, 3.63) is 83.6 Å². The minimum atomic E-state index is -0.939. The predicted octanol–water partition coefficient (Wildman–Crippen LogP) is 6.44. The van der Waals surface area contributed by atoms with Crippen LogP contribution in [0.1, 0.15) is 69.1 Å². The largest absolute Gasteiger partial charge is 0.481 e. The SMILES string of the molecule is Cc1c(CN(C(=O)[C@H]2CN(C(=O)OC(C)(C)C)CC[C@@H]2c2cccc(-c3ccccc3)c2)C2CC2)ccnc1OCCC(=O)O. The molecule has 3 aromatic rings. The van der Waals surface area contributed by atoms with Crippen molar-refractivity contribution in [2.24, 2.45) is 5.92 Å². The number of hydrogen-bond donors (Lipinski definition) is 1. The van der Waals surface area contributed by atoms with Crippen molar-refractivity contribution in [3.63, 3.8) is 0 Å². The van der Waals surface area contributed by atoms with Crippen LogP contribution in [0.5, 0.6) is 5.88 Å². The highest BCUT2D eigenvalue weighted by molar-refractivity contribution is 5.82. The van der Waals surface area contributed by atoms with Crippen LogP contribution in [0.25, 0.3) is 11.1 Å². The maximum Gasteiger partial charge on any atom is 0.410 e. The number of hydrogen-bond acceptors (Lipinski definition) is 6. The lowest BCUT2D eigenvalue weighted by Crippen LogP contribution is -2.51. The van der Waals surface area contributed by atoms with Crippen LogP contribution in [-0.2, 0) is 20.9 Å². The van der Waals surface area contributed by atoms with E-state index in [1.54, 1.807) is 11.1 Å². The lowest BCUT2D eigenvalue weighted by molar-refractivity contribution is -0.139. The Kier molecular flexibility index (Phi) is 9.75.